The monoisotopic (exact) mass is 282 g/mol. The fourth-order valence-electron chi connectivity index (χ4n) is 2.06. The first-order valence-electron chi connectivity index (χ1n) is 7.34. The number of carbonyl (C=O) groups excluding carboxylic acids is 1. The van der Waals surface area contributed by atoms with Gasteiger partial charge in [-0.3, -0.25) is 15.6 Å². The number of hydrazine groups is 1. The van der Waals surface area contributed by atoms with Crippen LogP contribution in [-0.4, -0.2) is 5.91 Å². The summed E-state index contributed by atoms with van der Waals surface area (Å²) in [5.41, 5.74) is 9.03. The van der Waals surface area contributed by atoms with E-state index in [1.165, 1.54) is 11.1 Å². The Morgan fingerprint density at radius 1 is 1.00 bits per heavy atom. The Kier molecular flexibility index (Phi) is 5.38. The van der Waals surface area contributed by atoms with Crippen molar-refractivity contribution in [3.63, 3.8) is 0 Å². The van der Waals surface area contributed by atoms with E-state index in [0.29, 0.717) is 12.3 Å². The van der Waals surface area contributed by atoms with Crippen molar-refractivity contribution in [1.29, 1.82) is 0 Å². The number of amides is 1. The van der Waals surface area contributed by atoms with E-state index in [-0.39, 0.29) is 5.91 Å². The number of hydrogen-bond donors (Lipinski definition) is 2. The molecule has 2 aromatic rings. The molecule has 0 unspecified atom stereocenters. The van der Waals surface area contributed by atoms with Gasteiger partial charge in [-0.25, -0.2) is 0 Å². The number of nitrogens with one attached hydrogen (secondary N) is 2. The van der Waals surface area contributed by atoms with Crippen molar-refractivity contribution in [3.8, 4) is 0 Å². The van der Waals surface area contributed by atoms with Crippen LogP contribution < -0.4 is 10.9 Å². The Hall–Kier alpha value is -2.29. The first-order chi connectivity index (χ1) is 10.1. The number of anilines is 1. The molecule has 1 amide bonds. The van der Waals surface area contributed by atoms with Gasteiger partial charge in [0, 0.05) is 6.42 Å². The topological polar surface area (TPSA) is 41.1 Å². The second kappa shape index (κ2) is 7.48. The zero-order valence-electron chi connectivity index (χ0n) is 12.6. The molecular weight excluding hydrogens is 260 g/mol. The normalized spacial score (nSPS) is 10.4. The van der Waals surface area contributed by atoms with E-state index in [4.69, 9.17) is 0 Å². The first-order valence-corrected chi connectivity index (χ1v) is 7.34. The fourth-order valence-corrected chi connectivity index (χ4v) is 2.06. The lowest BCUT2D eigenvalue weighted by atomic mass is 10.0. The van der Waals surface area contributed by atoms with Crippen LogP contribution >= 0.6 is 0 Å². The van der Waals surface area contributed by atoms with E-state index >= 15 is 0 Å². The molecule has 0 aliphatic carbocycles. The minimum atomic E-state index is -0.00760. The molecule has 0 aliphatic rings. The number of hydrogen-bond acceptors (Lipinski definition) is 2. The number of rotatable bonds is 6. The van der Waals surface area contributed by atoms with E-state index in [1.54, 1.807) is 0 Å². The van der Waals surface area contributed by atoms with Crippen LogP contribution in [0.2, 0.25) is 0 Å². The molecule has 0 spiro atoms. The lowest BCUT2D eigenvalue weighted by Gasteiger charge is -2.10. The fraction of sp³-hybridized carbons (Fsp3) is 0.278. The second-order valence-corrected chi connectivity index (χ2v) is 5.44. The van der Waals surface area contributed by atoms with Gasteiger partial charge >= 0.3 is 0 Å². The summed E-state index contributed by atoms with van der Waals surface area (Å²) in [5.74, 6) is 0.506. The predicted octanol–water partition coefficient (Wildman–Crippen LogP) is 3.89. The van der Waals surface area contributed by atoms with Gasteiger partial charge in [-0.05, 0) is 35.6 Å². The number of benzene rings is 2. The molecule has 0 heterocycles. The molecule has 110 valence electrons. The van der Waals surface area contributed by atoms with Crippen molar-refractivity contribution in [1.82, 2.24) is 5.43 Å². The molecule has 2 aromatic carbocycles. The third-order valence-corrected chi connectivity index (χ3v) is 3.41. The highest BCUT2D eigenvalue weighted by Crippen LogP contribution is 2.16. The zero-order valence-corrected chi connectivity index (χ0v) is 12.6. The van der Waals surface area contributed by atoms with Crippen LogP contribution in [0, 0.1) is 0 Å². The molecule has 0 radical (unpaired) electrons. The molecule has 3 heteroatoms. The van der Waals surface area contributed by atoms with Crippen LogP contribution in [0.15, 0.2) is 54.6 Å². The van der Waals surface area contributed by atoms with Gasteiger partial charge in [0.1, 0.15) is 0 Å². The van der Waals surface area contributed by atoms with Gasteiger partial charge in [-0.15, -0.1) is 0 Å². The van der Waals surface area contributed by atoms with Crippen LogP contribution in [0.3, 0.4) is 0 Å². The van der Waals surface area contributed by atoms with Gasteiger partial charge in [-0.2, -0.15) is 0 Å². The van der Waals surface area contributed by atoms with Crippen LogP contribution in [0.25, 0.3) is 0 Å². The maximum Gasteiger partial charge on any atom is 0.238 e. The van der Waals surface area contributed by atoms with Crippen LogP contribution in [0.4, 0.5) is 5.69 Å². The summed E-state index contributed by atoms with van der Waals surface area (Å²) < 4.78 is 0. The number of aryl methyl sites for hydroxylation is 1. The molecule has 0 saturated carbocycles. The molecule has 0 fully saturated rings. The van der Waals surface area contributed by atoms with Crippen molar-refractivity contribution in [2.45, 2.75) is 32.6 Å². The van der Waals surface area contributed by atoms with Crippen molar-refractivity contribution in [2.24, 2.45) is 0 Å². The van der Waals surface area contributed by atoms with Crippen LogP contribution in [0.1, 0.15) is 37.3 Å². The molecule has 21 heavy (non-hydrogen) atoms. The van der Waals surface area contributed by atoms with Gasteiger partial charge in [0.15, 0.2) is 0 Å². The lowest BCUT2D eigenvalue weighted by molar-refractivity contribution is -0.120. The molecule has 0 atom stereocenters. The maximum absolute atomic E-state index is 11.8. The average Bonchev–Trinajstić information content (AvgIpc) is 2.52. The third kappa shape index (κ3) is 4.95. The lowest BCUT2D eigenvalue weighted by Crippen LogP contribution is -2.29. The summed E-state index contributed by atoms with van der Waals surface area (Å²) in [6, 6.07) is 18.1. The molecule has 3 nitrogen and oxygen atoms in total. The molecule has 0 aromatic heterocycles. The van der Waals surface area contributed by atoms with Crippen molar-refractivity contribution in [2.75, 3.05) is 5.43 Å². The highest BCUT2D eigenvalue weighted by molar-refractivity contribution is 5.77. The number of carbonyl (C=O) groups is 1. The van der Waals surface area contributed by atoms with Crippen LogP contribution in [-0.2, 0) is 11.2 Å². The molecule has 0 aliphatic heterocycles. The van der Waals surface area contributed by atoms with Gasteiger partial charge in [0.05, 0.1) is 5.69 Å². The van der Waals surface area contributed by atoms with E-state index in [9.17, 15) is 4.79 Å². The van der Waals surface area contributed by atoms with E-state index in [0.717, 1.165) is 12.1 Å². The summed E-state index contributed by atoms with van der Waals surface area (Å²) >= 11 is 0. The van der Waals surface area contributed by atoms with Crippen molar-refractivity contribution in [3.05, 3.63) is 65.7 Å². The Balaban J connectivity index is 1.76. The SMILES string of the molecule is CC(C)c1ccc(NNC(=O)CCc2ccccc2)cc1. The van der Waals surface area contributed by atoms with Gasteiger partial charge in [0.2, 0.25) is 5.91 Å². The highest BCUT2D eigenvalue weighted by atomic mass is 16.2. The van der Waals surface area contributed by atoms with Gasteiger partial charge < -0.3 is 0 Å². The summed E-state index contributed by atoms with van der Waals surface area (Å²) in [6.07, 6.45) is 1.22. The molecule has 2 N–H and O–H groups in total. The first kappa shape index (κ1) is 15.1. The van der Waals surface area contributed by atoms with Crippen molar-refractivity contribution < 1.29 is 4.79 Å². The minimum absolute atomic E-state index is 0.00760. The van der Waals surface area contributed by atoms with E-state index in [1.807, 2.05) is 42.5 Å². The average molecular weight is 282 g/mol. The van der Waals surface area contributed by atoms with Crippen molar-refractivity contribution >= 4 is 11.6 Å². The Morgan fingerprint density at radius 3 is 2.29 bits per heavy atom. The third-order valence-electron chi connectivity index (χ3n) is 3.41. The molecule has 2 rings (SSSR count). The highest BCUT2D eigenvalue weighted by Gasteiger charge is 2.02. The summed E-state index contributed by atoms with van der Waals surface area (Å²) in [7, 11) is 0. The summed E-state index contributed by atoms with van der Waals surface area (Å²) in [5, 5.41) is 0. The van der Waals surface area contributed by atoms with Gasteiger partial charge in [-0.1, -0.05) is 56.3 Å². The molecular formula is C18H22N2O. The van der Waals surface area contributed by atoms with E-state index < -0.39 is 0 Å². The van der Waals surface area contributed by atoms with E-state index in [2.05, 4.69) is 36.8 Å². The minimum Gasteiger partial charge on any atom is -0.299 e. The zero-order chi connectivity index (χ0) is 15.1. The molecule has 0 bridgehead atoms. The largest absolute Gasteiger partial charge is 0.299 e. The Bertz CT molecular complexity index is 562. The molecule has 0 saturated heterocycles. The quantitative estimate of drug-likeness (QED) is 0.789. The standard InChI is InChI=1S/C18H22N2O/c1-14(2)16-9-11-17(12-10-16)19-20-18(21)13-8-15-6-4-3-5-7-15/h3-7,9-12,14,19H,8,13H2,1-2H3,(H,20,21). The summed E-state index contributed by atoms with van der Waals surface area (Å²) in [6.45, 7) is 4.32. The van der Waals surface area contributed by atoms with Gasteiger partial charge in [0.25, 0.3) is 0 Å². The summed E-state index contributed by atoms with van der Waals surface area (Å²) in [4.78, 5) is 11.8. The van der Waals surface area contributed by atoms with Crippen LogP contribution in [0.5, 0.6) is 0 Å². The Morgan fingerprint density at radius 2 is 1.67 bits per heavy atom. The predicted molar refractivity (Wildman–Crippen MR) is 87.1 cm³/mol. The Labute approximate surface area is 126 Å². The maximum atomic E-state index is 11.8. The smallest absolute Gasteiger partial charge is 0.238 e. The second-order valence-electron chi connectivity index (χ2n) is 5.44.